The number of aromatic nitrogens is 5. The summed E-state index contributed by atoms with van der Waals surface area (Å²) in [4.78, 5) is 3.95. The highest BCUT2D eigenvalue weighted by Gasteiger charge is 2.35. The van der Waals surface area contributed by atoms with Crippen molar-refractivity contribution in [2.24, 2.45) is 0 Å². The molecule has 0 aliphatic heterocycles. The molecule has 1 aromatic carbocycles. The third kappa shape index (κ3) is 6.27. The molecule has 0 aliphatic rings. The van der Waals surface area contributed by atoms with E-state index in [9.17, 15) is 31.5 Å². The summed E-state index contributed by atoms with van der Waals surface area (Å²) in [6.07, 6.45) is -4.56. The van der Waals surface area contributed by atoms with Gasteiger partial charge >= 0.3 is 6.18 Å². The third-order valence-electron chi connectivity index (χ3n) is 5.36. The van der Waals surface area contributed by atoms with Gasteiger partial charge in [-0.3, -0.25) is 9.89 Å². The molecule has 3 heterocycles. The lowest BCUT2D eigenvalue weighted by molar-refractivity contribution is -0.141. The Balaban J connectivity index is 1.76. The number of anilines is 1. The van der Waals surface area contributed by atoms with Crippen LogP contribution in [-0.2, 0) is 19.1 Å². The molecule has 0 aliphatic carbocycles. The van der Waals surface area contributed by atoms with Gasteiger partial charge in [-0.2, -0.15) is 23.4 Å². The van der Waals surface area contributed by atoms with Crippen molar-refractivity contribution in [1.82, 2.24) is 24.5 Å². The average molecular weight is 605 g/mol. The predicted molar refractivity (Wildman–Crippen MR) is 126 cm³/mol. The van der Waals surface area contributed by atoms with Crippen molar-refractivity contribution in [3.8, 4) is 11.4 Å². The fourth-order valence-electron chi connectivity index (χ4n) is 3.73. The summed E-state index contributed by atoms with van der Waals surface area (Å²) in [7, 11) is 0. The molecule has 0 amide bonds. The molecule has 38 heavy (non-hydrogen) atoms. The molecule has 4 aromatic rings. The van der Waals surface area contributed by atoms with Crippen molar-refractivity contribution in [1.29, 1.82) is 0 Å². The smallest absolute Gasteiger partial charge is 0.435 e. The van der Waals surface area contributed by atoms with Crippen molar-refractivity contribution < 1.29 is 36.3 Å². The van der Waals surface area contributed by atoms with E-state index in [1.807, 2.05) is 5.48 Å². The van der Waals surface area contributed by atoms with Crippen LogP contribution in [0, 0.1) is 5.82 Å². The maximum absolute atomic E-state index is 14.3. The lowest BCUT2D eigenvalue weighted by Gasteiger charge is -2.20. The number of hydrogen-bond donors (Lipinski definition) is 2. The molecule has 1 atom stereocenters. The van der Waals surface area contributed by atoms with Crippen molar-refractivity contribution in [3.63, 3.8) is 0 Å². The molecule has 8 nitrogen and oxygen atoms in total. The van der Waals surface area contributed by atoms with Gasteiger partial charge in [-0.1, -0.05) is 0 Å². The first-order valence-corrected chi connectivity index (χ1v) is 11.7. The normalized spacial score (nSPS) is 12.7. The number of hydrogen-bond acceptors (Lipinski definition) is 6. The van der Waals surface area contributed by atoms with E-state index in [0.29, 0.717) is 10.0 Å². The third-order valence-corrected chi connectivity index (χ3v) is 5.79. The second-order valence-corrected chi connectivity index (χ2v) is 9.06. The van der Waals surface area contributed by atoms with E-state index in [1.165, 1.54) is 37.6 Å². The highest BCUT2D eigenvalue weighted by Crippen LogP contribution is 2.35. The standard InChI is InChI=1S/C23H19BrF6N6O2/c1-12(38-19-5-14(24)9-31-22(19)34-37)17-6-15(25)2-3-18(17)36-16(7-20(33-36)23(28,29)30)4-13-8-32-35(10-13)11-21(26)27/h2-3,5-10,12,21,37H,4,11H2,1H3,(H,31,34). The molecule has 1 unspecified atom stereocenters. The molecule has 0 spiro atoms. The van der Waals surface area contributed by atoms with Crippen molar-refractivity contribution in [2.45, 2.75) is 38.6 Å². The summed E-state index contributed by atoms with van der Waals surface area (Å²) >= 11 is 3.23. The van der Waals surface area contributed by atoms with Crippen molar-refractivity contribution in [2.75, 3.05) is 5.48 Å². The van der Waals surface area contributed by atoms with E-state index in [1.54, 1.807) is 0 Å². The highest BCUT2D eigenvalue weighted by molar-refractivity contribution is 9.10. The van der Waals surface area contributed by atoms with E-state index in [0.717, 1.165) is 27.6 Å². The molecule has 2 N–H and O–H groups in total. The van der Waals surface area contributed by atoms with Gasteiger partial charge in [0.05, 0.1) is 11.9 Å². The zero-order chi connectivity index (χ0) is 27.6. The number of halogens is 7. The van der Waals surface area contributed by atoms with Crippen molar-refractivity contribution in [3.05, 3.63) is 81.7 Å². The Kier molecular flexibility index (Phi) is 7.97. The molecular formula is C23H19BrF6N6O2. The summed E-state index contributed by atoms with van der Waals surface area (Å²) < 4.78 is 88.9. The Hall–Kier alpha value is -3.59. The minimum absolute atomic E-state index is 0.0436. The maximum Gasteiger partial charge on any atom is 0.435 e. The monoisotopic (exact) mass is 604 g/mol. The zero-order valence-corrected chi connectivity index (χ0v) is 21.0. The van der Waals surface area contributed by atoms with Crippen LogP contribution in [0.1, 0.15) is 35.5 Å². The van der Waals surface area contributed by atoms with Gasteiger partial charge < -0.3 is 4.74 Å². The number of benzene rings is 1. The Morgan fingerprint density at radius 3 is 2.61 bits per heavy atom. The predicted octanol–water partition coefficient (Wildman–Crippen LogP) is 6.18. The summed E-state index contributed by atoms with van der Waals surface area (Å²) in [5.41, 5.74) is 1.33. The number of alkyl halides is 5. The van der Waals surface area contributed by atoms with Crippen LogP contribution in [-0.4, -0.2) is 36.2 Å². The van der Waals surface area contributed by atoms with Crippen LogP contribution in [0.3, 0.4) is 0 Å². The molecule has 3 aromatic heterocycles. The van der Waals surface area contributed by atoms with Gasteiger partial charge in [0, 0.05) is 34.5 Å². The van der Waals surface area contributed by atoms with Gasteiger partial charge in [0.25, 0.3) is 6.43 Å². The van der Waals surface area contributed by atoms with E-state index >= 15 is 0 Å². The number of pyridine rings is 1. The molecule has 0 radical (unpaired) electrons. The van der Waals surface area contributed by atoms with Crippen LogP contribution < -0.4 is 10.2 Å². The fraction of sp³-hybridized carbons (Fsp3) is 0.261. The molecular weight excluding hydrogens is 586 g/mol. The quantitative estimate of drug-likeness (QED) is 0.175. The summed E-state index contributed by atoms with van der Waals surface area (Å²) in [5, 5.41) is 16.9. The van der Waals surface area contributed by atoms with Gasteiger partial charge in [0.15, 0.2) is 17.3 Å². The lowest BCUT2D eigenvalue weighted by Crippen LogP contribution is -2.13. The second kappa shape index (κ2) is 11.0. The van der Waals surface area contributed by atoms with Crippen LogP contribution >= 0.6 is 15.9 Å². The van der Waals surface area contributed by atoms with E-state index in [4.69, 9.17) is 4.74 Å². The SMILES string of the molecule is CC(Oc1cc(Br)cnc1NO)c1cc(F)ccc1-n1nc(C(F)(F)F)cc1Cc1cnn(CC(F)F)c1. The topological polar surface area (TPSA) is 90.0 Å². The number of nitrogens with zero attached hydrogens (tertiary/aromatic N) is 5. The number of ether oxygens (including phenoxy) is 1. The largest absolute Gasteiger partial charge is 0.482 e. The Morgan fingerprint density at radius 2 is 1.92 bits per heavy atom. The van der Waals surface area contributed by atoms with Crippen LogP contribution in [0.2, 0.25) is 0 Å². The molecule has 0 bridgehead atoms. The van der Waals surface area contributed by atoms with Crippen LogP contribution in [0.15, 0.2) is 53.4 Å². The minimum atomic E-state index is -4.79. The molecule has 0 fully saturated rings. The first-order valence-electron chi connectivity index (χ1n) is 10.9. The van der Waals surface area contributed by atoms with Gasteiger partial charge in [0.2, 0.25) is 0 Å². The molecule has 15 heteroatoms. The zero-order valence-electron chi connectivity index (χ0n) is 19.4. The Labute approximate surface area is 219 Å². The first kappa shape index (κ1) is 27.4. The van der Waals surface area contributed by atoms with Crippen LogP contribution in [0.5, 0.6) is 5.75 Å². The lowest BCUT2D eigenvalue weighted by atomic mass is 10.1. The van der Waals surface area contributed by atoms with Gasteiger partial charge in [-0.05, 0) is 58.7 Å². The van der Waals surface area contributed by atoms with Crippen LogP contribution in [0.4, 0.5) is 32.2 Å². The van der Waals surface area contributed by atoms with Gasteiger partial charge in [-0.15, -0.1) is 0 Å². The first-order chi connectivity index (χ1) is 17.9. The average Bonchev–Trinajstić information content (AvgIpc) is 3.46. The Morgan fingerprint density at radius 1 is 1.16 bits per heavy atom. The maximum atomic E-state index is 14.3. The van der Waals surface area contributed by atoms with Crippen molar-refractivity contribution >= 4 is 21.7 Å². The number of rotatable bonds is 9. The molecule has 0 saturated heterocycles. The minimum Gasteiger partial charge on any atom is -0.482 e. The molecule has 0 saturated carbocycles. The van der Waals surface area contributed by atoms with Gasteiger partial charge in [0.1, 0.15) is 18.5 Å². The molecule has 4 rings (SSSR count). The van der Waals surface area contributed by atoms with E-state index < -0.39 is 36.8 Å². The van der Waals surface area contributed by atoms with E-state index in [-0.39, 0.29) is 34.9 Å². The number of nitrogens with one attached hydrogen (secondary N) is 1. The fourth-order valence-corrected chi connectivity index (χ4v) is 4.04. The molecule has 202 valence electrons. The summed E-state index contributed by atoms with van der Waals surface area (Å²) in [5.74, 6) is -0.643. The summed E-state index contributed by atoms with van der Waals surface area (Å²) in [6.45, 7) is 0.863. The second-order valence-electron chi connectivity index (χ2n) is 8.14. The summed E-state index contributed by atoms with van der Waals surface area (Å²) in [6, 6.07) is 5.73. The highest BCUT2D eigenvalue weighted by atomic mass is 79.9. The van der Waals surface area contributed by atoms with Gasteiger partial charge in [-0.25, -0.2) is 28.3 Å². The Bertz CT molecular complexity index is 1420. The van der Waals surface area contributed by atoms with E-state index in [2.05, 4.69) is 31.1 Å². The van der Waals surface area contributed by atoms with Crippen LogP contribution in [0.25, 0.3) is 5.69 Å².